The third-order valence-electron chi connectivity index (χ3n) is 8.02. The number of fused-ring (bicyclic) bond motifs is 1. The van der Waals surface area contributed by atoms with Crippen molar-refractivity contribution in [1.82, 2.24) is 34.4 Å². The van der Waals surface area contributed by atoms with Crippen LogP contribution in [0, 0.1) is 26.7 Å². The van der Waals surface area contributed by atoms with Crippen LogP contribution in [0.4, 0.5) is 5.82 Å². The van der Waals surface area contributed by atoms with Gasteiger partial charge in [-0.15, -0.1) is 0 Å². The molecule has 1 atom stereocenters. The van der Waals surface area contributed by atoms with Gasteiger partial charge in [0.05, 0.1) is 29.6 Å². The molecule has 0 spiro atoms. The van der Waals surface area contributed by atoms with E-state index in [4.69, 9.17) is 9.97 Å². The Labute approximate surface area is 230 Å². The highest BCUT2D eigenvalue weighted by Gasteiger charge is 2.26. The average molecular weight is 549 g/mol. The van der Waals surface area contributed by atoms with Crippen LogP contribution in [0.25, 0.3) is 17.0 Å². The van der Waals surface area contributed by atoms with E-state index in [-0.39, 0.29) is 0 Å². The number of anilines is 1. The molecule has 206 valence electrons. The lowest BCUT2D eigenvalue weighted by Gasteiger charge is -2.41. The molecule has 2 N–H and O–H groups in total. The van der Waals surface area contributed by atoms with Crippen molar-refractivity contribution >= 4 is 22.2 Å². The minimum atomic E-state index is -2.36. The summed E-state index contributed by atoms with van der Waals surface area (Å²) in [5.41, 5.74) is 6.55. The number of aryl methyl sites for hydroxylation is 3. The molecule has 0 amide bonds. The van der Waals surface area contributed by atoms with Gasteiger partial charge in [-0.05, 0) is 50.7 Å². The first kappa shape index (κ1) is 26.1. The van der Waals surface area contributed by atoms with E-state index >= 15 is 0 Å². The largest absolute Gasteiger partial charge is 0.355 e. The Kier molecular flexibility index (Phi) is 7.00. The normalized spacial score (nSPS) is 20.5. The van der Waals surface area contributed by atoms with E-state index in [0.29, 0.717) is 23.2 Å². The molecule has 0 unspecified atom stereocenters. The van der Waals surface area contributed by atoms with Gasteiger partial charge < -0.3 is 4.90 Å². The van der Waals surface area contributed by atoms with E-state index in [0.717, 1.165) is 79.9 Å². The highest BCUT2D eigenvalue weighted by Crippen LogP contribution is 2.40. The maximum Gasteiger partial charge on any atom is 0.252 e. The van der Waals surface area contributed by atoms with Crippen molar-refractivity contribution in [3.8, 4) is 11.3 Å². The molecule has 0 bridgehead atoms. The van der Waals surface area contributed by atoms with E-state index in [1.165, 1.54) is 11.1 Å². The zero-order valence-electron chi connectivity index (χ0n) is 22.8. The van der Waals surface area contributed by atoms with Crippen LogP contribution >= 0.6 is 10.6 Å². The predicted molar refractivity (Wildman–Crippen MR) is 154 cm³/mol. The van der Waals surface area contributed by atoms with E-state index < -0.39 is 10.6 Å². The molecule has 0 radical (unpaired) electrons. The summed E-state index contributed by atoms with van der Waals surface area (Å²) in [5.74, 6) is 3.80. The first-order chi connectivity index (χ1) is 18.7. The second-order valence-electron chi connectivity index (χ2n) is 10.9. The van der Waals surface area contributed by atoms with Gasteiger partial charge in [0.2, 0.25) is 0 Å². The summed E-state index contributed by atoms with van der Waals surface area (Å²) >= 11 is 0. The molecule has 39 heavy (non-hydrogen) atoms. The van der Waals surface area contributed by atoms with Crippen molar-refractivity contribution in [2.75, 3.05) is 42.6 Å². The van der Waals surface area contributed by atoms with Gasteiger partial charge in [-0.2, -0.15) is 20.7 Å². The van der Waals surface area contributed by atoms with Crippen LogP contribution in [0.1, 0.15) is 34.8 Å². The summed E-state index contributed by atoms with van der Waals surface area (Å²) in [5, 5.41) is 4.52. The van der Waals surface area contributed by atoms with E-state index in [9.17, 15) is 9.11 Å². The van der Waals surface area contributed by atoms with Gasteiger partial charge in [-0.25, -0.2) is 14.5 Å². The molecule has 1 aromatic carbocycles. The zero-order chi connectivity index (χ0) is 27.1. The molecule has 6 rings (SSSR count). The molecule has 3 aromatic heterocycles. The van der Waals surface area contributed by atoms with Crippen molar-refractivity contribution in [3.63, 3.8) is 0 Å². The summed E-state index contributed by atoms with van der Waals surface area (Å²) in [4.78, 5) is 23.2. The van der Waals surface area contributed by atoms with Gasteiger partial charge in [-0.1, -0.05) is 24.3 Å². The van der Waals surface area contributed by atoms with Crippen LogP contribution in [0.2, 0.25) is 0 Å². The third kappa shape index (κ3) is 5.62. The summed E-state index contributed by atoms with van der Waals surface area (Å²) in [6, 6.07) is 8.43. The second kappa shape index (κ2) is 10.5. The SMILES string of the molecule is Cc1nc2nc(C)c(C[C@@H]3CCN(c4cnc(-c5ccc(CN6CCS(O)(O)CC6)cc5)cn4)C3)c(C)n2n1. The number of aromatic nitrogens is 6. The average Bonchev–Trinajstić information content (AvgIpc) is 3.54. The predicted octanol–water partition coefficient (Wildman–Crippen LogP) is 4.14. The summed E-state index contributed by atoms with van der Waals surface area (Å²) < 4.78 is 21.5. The zero-order valence-corrected chi connectivity index (χ0v) is 23.6. The van der Waals surface area contributed by atoms with Gasteiger partial charge in [-0.3, -0.25) is 19.0 Å². The van der Waals surface area contributed by atoms with Crippen molar-refractivity contribution in [2.24, 2.45) is 5.92 Å². The lowest BCUT2D eigenvalue weighted by atomic mass is 9.96. The molecule has 4 aromatic rings. The molecule has 0 aliphatic carbocycles. The van der Waals surface area contributed by atoms with E-state index in [1.807, 2.05) is 23.8 Å². The Bertz CT molecular complexity index is 1460. The van der Waals surface area contributed by atoms with Crippen LogP contribution in [0.3, 0.4) is 0 Å². The quantitative estimate of drug-likeness (QED) is 0.367. The van der Waals surface area contributed by atoms with Gasteiger partial charge in [0.15, 0.2) is 0 Å². The maximum atomic E-state index is 9.82. The van der Waals surface area contributed by atoms with Gasteiger partial charge in [0, 0.05) is 49.7 Å². The monoisotopic (exact) mass is 548 g/mol. The molecular weight excluding hydrogens is 512 g/mol. The lowest BCUT2D eigenvalue weighted by molar-refractivity contribution is 0.278. The number of nitrogens with zero attached hydrogens (tertiary/aromatic N) is 8. The van der Waals surface area contributed by atoms with E-state index in [2.05, 4.69) is 63.0 Å². The van der Waals surface area contributed by atoms with Crippen LogP contribution in [-0.2, 0) is 13.0 Å². The van der Waals surface area contributed by atoms with Crippen molar-refractivity contribution < 1.29 is 9.11 Å². The second-order valence-corrected chi connectivity index (χ2v) is 13.3. The standard InChI is InChI=1S/C28H36N8O2S/c1-19-25(20(2)36-28(31-19)32-21(3)33-36)14-23-8-9-35(18-23)27-16-29-26(15-30-27)24-6-4-22(5-7-24)17-34-10-12-39(37,38)13-11-34/h4-7,15-16,23,37-38H,8-14,17-18H2,1-3H3/t23-/m0/s1. The molecular formula is C28H36N8O2S. The molecule has 2 saturated heterocycles. The molecule has 5 heterocycles. The maximum absolute atomic E-state index is 9.82. The van der Waals surface area contributed by atoms with Crippen LogP contribution < -0.4 is 4.90 Å². The Morgan fingerprint density at radius 2 is 1.72 bits per heavy atom. The van der Waals surface area contributed by atoms with Crippen molar-refractivity contribution in [1.29, 1.82) is 0 Å². The topological polar surface area (TPSA) is 116 Å². The molecule has 0 saturated carbocycles. The smallest absolute Gasteiger partial charge is 0.252 e. The van der Waals surface area contributed by atoms with Crippen LogP contribution in [-0.4, -0.2) is 81.2 Å². The number of benzene rings is 1. The molecule has 10 nitrogen and oxygen atoms in total. The summed E-state index contributed by atoms with van der Waals surface area (Å²) in [6.07, 6.45) is 5.83. The number of hydrogen-bond acceptors (Lipinski definition) is 9. The Hall–Kier alpha value is -3.12. The fraction of sp³-hybridized carbons (Fsp3) is 0.464. The number of rotatable bonds is 6. The van der Waals surface area contributed by atoms with E-state index in [1.54, 1.807) is 0 Å². The molecule has 2 fully saturated rings. The summed E-state index contributed by atoms with van der Waals surface area (Å²) in [7, 11) is -2.36. The van der Waals surface area contributed by atoms with Gasteiger partial charge in [0.25, 0.3) is 5.78 Å². The van der Waals surface area contributed by atoms with Gasteiger partial charge >= 0.3 is 0 Å². The van der Waals surface area contributed by atoms with Crippen LogP contribution in [0.15, 0.2) is 36.7 Å². The van der Waals surface area contributed by atoms with Crippen molar-refractivity contribution in [2.45, 2.75) is 40.2 Å². The number of hydrogen-bond donors (Lipinski definition) is 2. The minimum absolute atomic E-state index is 0.472. The third-order valence-corrected chi connectivity index (χ3v) is 9.69. The Morgan fingerprint density at radius 1 is 0.949 bits per heavy atom. The minimum Gasteiger partial charge on any atom is -0.355 e. The fourth-order valence-corrected chi connectivity index (χ4v) is 7.00. The Balaban J connectivity index is 1.07. The highest BCUT2D eigenvalue weighted by atomic mass is 32.3. The first-order valence-electron chi connectivity index (χ1n) is 13.6. The molecule has 11 heteroatoms. The van der Waals surface area contributed by atoms with Gasteiger partial charge in [0.1, 0.15) is 11.6 Å². The highest BCUT2D eigenvalue weighted by molar-refractivity contribution is 8.24. The van der Waals surface area contributed by atoms with Crippen molar-refractivity contribution in [3.05, 3.63) is 65.0 Å². The fourth-order valence-electron chi connectivity index (χ4n) is 5.70. The summed E-state index contributed by atoms with van der Waals surface area (Å²) in [6.45, 7) is 10.3. The lowest BCUT2D eigenvalue weighted by Crippen LogP contribution is -2.37. The first-order valence-corrected chi connectivity index (χ1v) is 15.4. The Morgan fingerprint density at radius 3 is 2.44 bits per heavy atom. The van der Waals surface area contributed by atoms with Crippen LogP contribution in [0.5, 0.6) is 0 Å². The molecule has 2 aliphatic rings. The molecule has 2 aliphatic heterocycles.